The van der Waals surface area contributed by atoms with Gasteiger partial charge in [0, 0.05) is 31.1 Å². The molecule has 5 nitrogen and oxygen atoms in total. The van der Waals surface area contributed by atoms with Crippen LogP contribution in [0, 0.1) is 0 Å². The molecule has 1 unspecified atom stereocenters. The molecule has 0 heterocycles. The molecule has 110 valence electrons. The Hall–Kier alpha value is -1.88. The summed E-state index contributed by atoms with van der Waals surface area (Å²) in [7, 11) is 0. The fraction of sp³-hybridized carbons (Fsp3) is 0.467. The Morgan fingerprint density at radius 2 is 2.10 bits per heavy atom. The van der Waals surface area contributed by atoms with Gasteiger partial charge >= 0.3 is 0 Å². The first-order valence-corrected chi connectivity index (χ1v) is 6.93. The first-order chi connectivity index (χ1) is 9.56. The van der Waals surface area contributed by atoms with Crippen LogP contribution in [-0.2, 0) is 11.3 Å². The summed E-state index contributed by atoms with van der Waals surface area (Å²) in [6.07, 6.45) is 1.20. The summed E-state index contributed by atoms with van der Waals surface area (Å²) in [6.45, 7) is 4.73. The van der Waals surface area contributed by atoms with Gasteiger partial charge in [-0.25, -0.2) is 0 Å². The van der Waals surface area contributed by atoms with Crippen molar-refractivity contribution >= 4 is 11.8 Å². The maximum atomic E-state index is 12.0. The second kappa shape index (κ2) is 8.32. The minimum Gasteiger partial charge on any atom is -0.352 e. The quantitative estimate of drug-likeness (QED) is 0.699. The molecule has 0 aliphatic carbocycles. The van der Waals surface area contributed by atoms with Crippen molar-refractivity contribution in [3.05, 3.63) is 35.4 Å². The summed E-state index contributed by atoms with van der Waals surface area (Å²) in [5, 5.41) is 5.68. The normalized spacial score (nSPS) is 11.8. The number of nitrogens with two attached hydrogens (primary N) is 1. The molecule has 1 aromatic rings. The minimum absolute atomic E-state index is 0.0815. The van der Waals surface area contributed by atoms with E-state index >= 15 is 0 Å². The summed E-state index contributed by atoms with van der Waals surface area (Å²) in [6, 6.07) is 7.40. The van der Waals surface area contributed by atoms with Crippen LogP contribution in [0.15, 0.2) is 24.3 Å². The van der Waals surface area contributed by atoms with Crippen LogP contribution in [0.1, 0.15) is 42.6 Å². The smallest absolute Gasteiger partial charge is 0.251 e. The van der Waals surface area contributed by atoms with E-state index in [2.05, 4.69) is 10.6 Å². The van der Waals surface area contributed by atoms with Gasteiger partial charge in [0.1, 0.15) is 0 Å². The van der Waals surface area contributed by atoms with Crippen LogP contribution in [0.2, 0.25) is 0 Å². The van der Waals surface area contributed by atoms with Gasteiger partial charge in [-0.2, -0.15) is 0 Å². The highest BCUT2D eigenvalue weighted by Crippen LogP contribution is 2.06. The number of benzene rings is 1. The summed E-state index contributed by atoms with van der Waals surface area (Å²) < 4.78 is 0. The largest absolute Gasteiger partial charge is 0.352 e. The SMILES string of the molecule is CCC(C)NC(=O)c1cccc(CNC(=O)CCN)c1. The van der Waals surface area contributed by atoms with Crippen molar-refractivity contribution in [2.24, 2.45) is 5.73 Å². The molecule has 0 fully saturated rings. The Morgan fingerprint density at radius 1 is 1.35 bits per heavy atom. The molecule has 0 aliphatic heterocycles. The maximum Gasteiger partial charge on any atom is 0.251 e. The van der Waals surface area contributed by atoms with Crippen molar-refractivity contribution < 1.29 is 9.59 Å². The highest BCUT2D eigenvalue weighted by molar-refractivity contribution is 5.94. The third kappa shape index (κ3) is 5.40. The van der Waals surface area contributed by atoms with Crippen molar-refractivity contribution in [2.75, 3.05) is 6.54 Å². The van der Waals surface area contributed by atoms with Gasteiger partial charge in [-0.1, -0.05) is 19.1 Å². The first-order valence-electron chi connectivity index (χ1n) is 6.93. The number of carbonyl (C=O) groups excluding carboxylic acids is 2. The maximum absolute atomic E-state index is 12.0. The van der Waals surface area contributed by atoms with E-state index in [1.807, 2.05) is 26.0 Å². The Balaban J connectivity index is 2.61. The van der Waals surface area contributed by atoms with E-state index < -0.39 is 0 Å². The van der Waals surface area contributed by atoms with E-state index in [1.54, 1.807) is 12.1 Å². The fourth-order valence-electron chi connectivity index (χ4n) is 1.65. The second-order valence-corrected chi connectivity index (χ2v) is 4.80. The summed E-state index contributed by atoms with van der Waals surface area (Å²) in [5.41, 5.74) is 6.81. The highest BCUT2D eigenvalue weighted by atomic mass is 16.2. The molecule has 0 saturated carbocycles. The molecule has 1 atom stereocenters. The van der Waals surface area contributed by atoms with E-state index in [4.69, 9.17) is 5.73 Å². The molecule has 20 heavy (non-hydrogen) atoms. The molecule has 0 bridgehead atoms. The minimum atomic E-state index is -0.0884. The lowest BCUT2D eigenvalue weighted by molar-refractivity contribution is -0.121. The van der Waals surface area contributed by atoms with Gasteiger partial charge < -0.3 is 16.4 Å². The summed E-state index contributed by atoms with van der Waals surface area (Å²) >= 11 is 0. The first kappa shape index (κ1) is 16.2. The van der Waals surface area contributed by atoms with E-state index in [0.717, 1.165) is 12.0 Å². The molecule has 0 spiro atoms. The predicted octanol–water partition coefficient (Wildman–Crippen LogP) is 1.18. The molecular formula is C15H23N3O2. The van der Waals surface area contributed by atoms with Gasteiger partial charge in [0.2, 0.25) is 5.91 Å². The number of amides is 2. The van der Waals surface area contributed by atoms with Gasteiger partial charge in [-0.05, 0) is 31.0 Å². The number of hydrogen-bond donors (Lipinski definition) is 3. The van der Waals surface area contributed by atoms with Crippen molar-refractivity contribution in [1.82, 2.24) is 10.6 Å². The molecule has 1 aromatic carbocycles. The number of rotatable bonds is 7. The van der Waals surface area contributed by atoms with Gasteiger partial charge in [0.05, 0.1) is 0 Å². The van der Waals surface area contributed by atoms with E-state index in [9.17, 15) is 9.59 Å². The van der Waals surface area contributed by atoms with Crippen LogP contribution >= 0.6 is 0 Å². The van der Waals surface area contributed by atoms with Gasteiger partial charge in [0.15, 0.2) is 0 Å². The molecular weight excluding hydrogens is 254 g/mol. The molecule has 5 heteroatoms. The highest BCUT2D eigenvalue weighted by Gasteiger charge is 2.09. The van der Waals surface area contributed by atoms with Crippen LogP contribution < -0.4 is 16.4 Å². The molecule has 0 aliphatic rings. The van der Waals surface area contributed by atoms with Crippen molar-refractivity contribution in [1.29, 1.82) is 0 Å². The zero-order chi connectivity index (χ0) is 15.0. The summed E-state index contributed by atoms with van der Waals surface area (Å²) in [5.74, 6) is -0.170. The average molecular weight is 277 g/mol. The monoisotopic (exact) mass is 277 g/mol. The summed E-state index contributed by atoms with van der Waals surface area (Å²) in [4.78, 5) is 23.3. The number of nitrogens with one attached hydrogen (secondary N) is 2. The van der Waals surface area contributed by atoms with Crippen LogP contribution in [0.4, 0.5) is 0 Å². The zero-order valence-electron chi connectivity index (χ0n) is 12.1. The van der Waals surface area contributed by atoms with Crippen LogP contribution in [0.3, 0.4) is 0 Å². The molecule has 0 radical (unpaired) electrons. The van der Waals surface area contributed by atoms with E-state index in [0.29, 0.717) is 25.1 Å². The van der Waals surface area contributed by atoms with Crippen molar-refractivity contribution in [2.45, 2.75) is 39.3 Å². The van der Waals surface area contributed by atoms with E-state index in [1.165, 1.54) is 0 Å². The van der Waals surface area contributed by atoms with Crippen molar-refractivity contribution in [3.63, 3.8) is 0 Å². The van der Waals surface area contributed by atoms with Crippen LogP contribution in [-0.4, -0.2) is 24.4 Å². The van der Waals surface area contributed by atoms with Gasteiger partial charge in [0.25, 0.3) is 5.91 Å². The lowest BCUT2D eigenvalue weighted by atomic mass is 10.1. The average Bonchev–Trinajstić information content (AvgIpc) is 2.45. The third-order valence-electron chi connectivity index (χ3n) is 3.04. The zero-order valence-corrected chi connectivity index (χ0v) is 12.1. The number of hydrogen-bond acceptors (Lipinski definition) is 3. The van der Waals surface area contributed by atoms with Crippen LogP contribution in [0.25, 0.3) is 0 Å². The second-order valence-electron chi connectivity index (χ2n) is 4.80. The Kier molecular flexibility index (Phi) is 6.73. The Labute approximate surface area is 119 Å². The number of carbonyl (C=O) groups is 2. The topological polar surface area (TPSA) is 84.2 Å². The van der Waals surface area contributed by atoms with Crippen LogP contribution in [0.5, 0.6) is 0 Å². The lowest BCUT2D eigenvalue weighted by Gasteiger charge is -2.12. The van der Waals surface area contributed by atoms with Gasteiger partial charge in [-0.3, -0.25) is 9.59 Å². The van der Waals surface area contributed by atoms with Crippen molar-refractivity contribution in [3.8, 4) is 0 Å². The molecule has 4 N–H and O–H groups in total. The third-order valence-corrected chi connectivity index (χ3v) is 3.04. The van der Waals surface area contributed by atoms with E-state index in [-0.39, 0.29) is 17.9 Å². The molecule has 0 saturated heterocycles. The lowest BCUT2D eigenvalue weighted by Crippen LogP contribution is -2.32. The molecule has 0 aromatic heterocycles. The Bertz CT molecular complexity index is 460. The molecule has 1 rings (SSSR count). The fourth-order valence-corrected chi connectivity index (χ4v) is 1.65. The Morgan fingerprint density at radius 3 is 2.75 bits per heavy atom. The molecule has 2 amide bonds. The standard InChI is InChI=1S/C15H23N3O2/c1-3-11(2)18-15(20)13-6-4-5-12(9-13)10-17-14(19)7-8-16/h4-6,9,11H,3,7-8,10,16H2,1-2H3,(H,17,19)(H,18,20). The van der Waals surface area contributed by atoms with Gasteiger partial charge in [-0.15, -0.1) is 0 Å². The predicted molar refractivity (Wildman–Crippen MR) is 79.2 cm³/mol.